The van der Waals surface area contributed by atoms with Crippen LogP contribution in [0.5, 0.6) is 0 Å². The van der Waals surface area contributed by atoms with E-state index in [1.54, 1.807) is 0 Å². The van der Waals surface area contributed by atoms with E-state index in [0.29, 0.717) is 18.5 Å². The van der Waals surface area contributed by atoms with Gasteiger partial charge in [-0.05, 0) is 45.6 Å². The predicted octanol–water partition coefficient (Wildman–Crippen LogP) is -9.23. The topological polar surface area (TPSA) is 504 Å². The Bertz CT molecular complexity index is 1750. The Morgan fingerprint density at radius 1 is 0.672 bits per heavy atom. The van der Waals surface area contributed by atoms with Crippen molar-refractivity contribution in [2.45, 2.75) is 106 Å². The number of amides is 7. The molecule has 0 saturated carbocycles. The van der Waals surface area contributed by atoms with Crippen LogP contribution in [0.25, 0.3) is 0 Å². The molecule has 29 heteroatoms. The van der Waals surface area contributed by atoms with E-state index in [0.717, 1.165) is 6.92 Å². The van der Waals surface area contributed by atoms with Crippen LogP contribution in [0.1, 0.15) is 51.1 Å². The maximum atomic E-state index is 13.7. The zero-order valence-electron chi connectivity index (χ0n) is 34.9. The number of aliphatic carboxylic acids is 2. The summed E-state index contributed by atoms with van der Waals surface area (Å²) < 4.78 is 0. The second-order valence-corrected chi connectivity index (χ2v) is 14.2. The molecular formula is C35H60N14O15. The molecule has 7 amide bonds. The molecule has 29 nitrogen and oxygen atoms in total. The average Bonchev–Trinajstić information content (AvgIpc) is 3.75. The number of nitrogens with one attached hydrogen (secondary N) is 8. The van der Waals surface area contributed by atoms with E-state index < -0.39 is 134 Å². The summed E-state index contributed by atoms with van der Waals surface area (Å²) in [6.07, 6.45) is 0.441. The monoisotopic (exact) mass is 916 g/mol. The van der Waals surface area contributed by atoms with E-state index in [1.165, 1.54) is 12.5 Å². The molecule has 0 aliphatic carbocycles. The number of carbonyl (C=O) groups is 9. The highest BCUT2D eigenvalue weighted by molar-refractivity contribution is 5.98. The molecule has 1 aromatic rings. The van der Waals surface area contributed by atoms with E-state index in [9.17, 15) is 68.7 Å². The lowest BCUT2D eigenvalue weighted by molar-refractivity contribution is -0.142. The van der Waals surface area contributed by atoms with Gasteiger partial charge in [0.2, 0.25) is 41.4 Å². The van der Waals surface area contributed by atoms with Gasteiger partial charge in [0.1, 0.15) is 42.3 Å². The number of aromatic amines is 1. The van der Waals surface area contributed by atoms with Crippen molar-refractivity contribution in [1.29, 1.82) is 0 Å². The molecule has 0 aromatic carbocycles. The summed E-state index contributed by atoms with van der Waals surface area (Å²) in [6, 6.07) is -13.4. The Labute approximate surface area is 365 Å². The normalized spacial score (nSPS) is 15.2. The van der Waals surface area contributed by atoms with Gasteiger partial charge in [-0.25, -0.2) is 9.78 Å². The number of aliphatic imine (C=N–C) groups is 1. The second kappa shape index (κ2) is 29.0. The highest BCUT2D eigenvalue weighted by Gasteiger charge is 2.35. The van der Waals surface area contributed by atoms with Gasteiger partial charge in [-0.15, -0.1) is 0 Å². The number of nitrogens with zero attached hydrogens (tertiary/aromatic N) is 2. The van der Waals surface area contributed by atoms with E-state index >= 15 is 0 Å². The van der Waals surface area contributed by atoms with Crippen LogP contribution in [0.15, 0.2) is 17.5 Å². The standard InChI is InChI=1S/C35H60N14O15/c1-16(53)26(33(62)44-19(5-2-3-7-36)28(57)45-21(34(63)64)9-17-11-40-15-42-17)49-29(58)20(6-4-8-41-35(38)39)43-30(59)23(13-51)47-32(61)24(14-52)48-31(60)22(12-50)46-27(56)18(37)10-25(54)55/h11,15-16,18-24,26,50-53H,2-10,12-14,36-37H2,1H3,(H,40,42)(H,43,59)(H,44,62)(H,45,57)(H,46,56)(H,47,61)(H,48,60)(H,49,58)(H,54,55)(H,63,64)(H4,38,39,41)/t16-,18+,19+,20+,21+,22+,23+,24+,26+/m1/s1. The third kappa shape index (κ3) is 20.1. The van der Waals surface area contributed by atoms with Gasteiger partial charge in [0.05, 0.1) is 44.7 Å². The Balaban J connectivity index is 3.23. The molecule has 0 fully saturated rings. The first-order chi connectivity index (χ1) is 30.2. The molecule has 0 aliphatic heterocycles. The van der Waals surface area contributed by atoms with Gasteiger partial charge in [0.25, 0.3) is 0 Å². The Morgan fingerprint density at radius 2 is 1.12 bits per heavy atom. The van der Waals surface area contributed by atoms with Crippen LogP contribution in [-0.4, -0.2) is 187 Å². The molecule has 22 N–H and O–H groups in total. The van der Waals surface area contributed by atoms with E-state index in [2.05, 4.69) is 41.5 Å². The second-order valence-electron chi connectivity index (χ2n) is 14.2. The van der Waals surface area contributed by atoms with Crippen LogP contribution in [0.4, 0.5) is 0 Å². The van der Waals surface area contributed by atoms with E-state index in [1.807, 2.05) is 10.6 Å². The van der Waals surface area contributed by atoms with Crippen molar-refractivity contribution in [3.05, 3.63) is 18.2 Å². The van der Waals surface area contributed by atoms with Crippen LogP contribution < -0.4 is 60.2 Å². The smallest absolute Gasteiger partial charge is 0.326 e. The number of H-pyrrole nitrogens is 1. The quantitative estimate of drug-likeness (QED) is 0.0187. The number of aliphatic hydroxyl groups is 4. The van der Waals surface area contributed by atoms with Crippen LogP contribution in [0.3, 0.4) is 0 Å². The van der Waals surface area contributed by atoms with Crippen molar-refractivity contribution in [3.63, 3.8) is 0 Å². The third-order valence-electron chi connectivity index (χ3n) is 8.99. The van der Waals surface area contributed by atoms with Gasteiger partial charge in [-0.3, -0.25) is 43.3 Å². The van der Waals surface area contributed by atoms with Gasteiger partial charge >= 0.3 is 11.9 Å². The lowest BCUT2D eigenvalue weighted by Gasteiger charge is -2.28. The number of rotatable bonds is 31. The van der Waals surface area contributed by atoms with Crippen LogP contribution >= 0.6 is 0 Å². The van der Waals surface area contributed by atoms with Gasteiger partial charge in [0.15, 0.2) is 5.96 Å². The number of guanidine groups is 1. The Kier molecular flexibility index (Phi) is 25.1. The predicted molar refractivity (Wildman–Crippen MR) is 219 cm³/mol. The summed E-state index contributed by atoms with van der Waals surface area (Å²) in [5.74, 6) is -11.1. The van der Waals surface area contributed by atoms with Crippen molar-refractivity contribution in [3.8, 4) is 0 Å². The van der Waals surface area contributed by atoms with Gasteiger partial charge in [-0.1, -0.05) is 0 Å². The summed E-state index contributed by atoms with van der Waals surface area (Å²) in [7, 11) is 0. The number of aromatic nitrogens is 2. The molecule has 360 valence electrons. The highest BCUT2D eigenvalue weighted by atomic mass is 16.4. The number of hydrogen-bond donors (Lipinski definition) is 18. The fraction of sp³-hybridized carbons (Fsp3) is 0.629. The largest absolute Gasteiger partial charge is 0.481 e. The number of carbonyl (C=O) groups excluding carboxylic acids is 7. The number of hydrogen-bond acceptors (Lipinski definition) is 17. The molecule has 0 spiro atoms. The SMILES string of the molecule is C[C@@H](O)[C@H](NC(=O)[C@H](CCCN=C(N)N)NC(=O)[C@H](CO)NC(=O)[C@H](CO)NC(=O)[C@H](CO)NC(=O)[C@@H](N)CC(=O)O)C(=O)N[C@@H](CCCCN)C(=O)N[C@@H](Cc1cnc[nH]1)C(=O)O. The van der Waals surface area contributed by atoms with Crippen molar-refractivity contribution >= 4 is 59.2 Å². The van der Waals surface area contributed by atoms with Crippen molar-refractivity contribution < 1.29 is 73.8 Å². The summed E-state index contributed by atoms with van der Waals surface area (Å²) in [5, 5.41) is 74.0. The number of carboxylic acid groups (broad SMARTS) is 2. The Morgan fingerprint density at radius 3 is 1.56 bits per heavy atom. The van der Waals surface area contributed by atoms with Crippen molar-refractivity contribution in [2.75, 3.05) is 32.9 Å². The number of aliphatic hydroxyl groups excluding tert-OH is 4. The first kappa shape index (κ1) is 55.5. The van der Waals surface area contributed by atoms with Crippen LogP contribution in [0, 0.1) is 0 Å². The zero-order valence-corrected chi connectivity index (χ0v) is 34.9. The summed E-state index contributed by atoms with van der Waals surface area (Å²) >= 11 is 0. The number of imidazole rings is 1. The molecule has 9 atom stereocenters. The zero-order chi connectivity index (χ0) is 48.5. The van der Waals surface area contributed by atoms with Crippen molar-refractivity contribution in [2.24, 2.45) is 27.9 Å². The minimum Gasteiger partial charge on any atom is -0.481 e. The minimum atomic E-state index is -1.87. The number of unbranched alkanes of at least 4 members (excludes halogenated alkanes) is 1. The fourth-order valence-corrected chi connectivity index (χ4v) is 5.50. The molecule has 1 rings (SSSR count). The first-order valence-electron chi connectivity index (χ1n) is 19.7. The van der Waals surface area contributed by atoms with Gasteiger partial charge in [-0.2, -0.15) is 0 Å². The van der Waals surface area contributed by atoms with Gasteiger partial charge < -0.3 is 95.8 Å². The van der Waals surface area contributed by atoms with Crippen molar-refractivity contribution in [1.82, 2.24) is 47.2 Å². The fourth-order valence-electron chi connectivity index (χ4n) is 5.50. The molecular weight excluding hydrogens is 856 g/mol. The Hall–Kier alpha value is -6.53. The lowest BCUT2D eigenvalue weighted by Crippen LogP contribution is -2.62. The maximum absolute atomic E-state index is 13.7. The molecule has 64 heavy (non-hydrogen) atoms. The van der Waals surface area contributed by atoms with Gasteiger partial charge in [0, 0.05) is 24.9 Å². The highest BCUT2D eigenvalue weighted by Crippen LogP contribution is 2.08. The third-order valence-corrected chi connectivity index (χ3v) is 8.99. The van der Waals surface area contributed by atoms with Crippen LogP contribution in [0.2, 0.25) is 0 Å². The molecule has 0 aliphatic rings. The van der Waals surface area contributed by atoms with E-state index in [4.69, 9.17) is 28.0 Å². The number of nitrogens with two attached hydrogens (primary N) is 4. The summed E-state index contributed by atoms with van der Waals surface area (Å²) in [6.45, 7) is -2.03. The lowest BCUT2D eigenvalue weighted by atomic mass is 10.0. The molecule has 0 radical (unpaired) electrons. The van der Waals surface area contributed by atoms with Crippen LogP contribution in [-0.2, 0) is 49.6 Å². The van der Waals surface area contributed by atoms with E-state index in [-0.39, 0.29) is 44.7 Å². The molecule has 1 aromatic heterocycles. The summed E-state index contributed by atoms with van der Waals surface area (Å²) in [4.78, 5) is 125. The summed E-state index contributed by atoms with van der Waals surface area (Å²) in [5.41, 5.74) is 22.2. The first-order valence-corrected chi connectivity index (χ1v) is 19.7. The molecule has 1 heterocycles. The molecule has 0 bridgehead atoms. The maximum Gasteiger partial charge on any atom is 0.326 e. The average molecular weight is 917 g/mol. The molecule has 0 saturated heterocycles. The minimum absolute atomic E-state index is 0.00697. The number of carboxylic acids is 2. The molecule has 0 unspecified atom stereocenters.